The molecule has 174 valence electrons. The molecule has 0 bridgehead atoms. The number of hydrogen-bond donors (Lipinski definition) is 0. The SMILES string of the molecule is COC(=O)c1ccc(CN(C(=O)N2CCSCC2)c2ccc3cnn(C(C)C)c3c2)c(F)c1. The summed E-state index contributed by atoms with van der Waals surface area (Å²) in [5, 5.41) is 5.43. The molecule has 2 amide bonds. The van der Waals surface area contributed by atoms with Crippen LogP contribution in [0.15, 0.2) is 42.6 Å². The number of nitrogens with zero attached hydrogens (tertiary/aromatic N) is 4. The molecule has 1 aliphatic rings. The van der Waals surface area contributed by atoms with E-state index in [2.05, 4.69) is 9.84 Å². The third kappa shape index (κ3) is 4.83. The third-order valence-corrected chi connectivity index (χ3v) is 6.64. The number of methoxy groups -OCH3 is 1. The first-order valence-electron chi connectivity index (χ1n) is 10.9. The summed E-state index contributed by atoms with van der Waals surface area (Å²) in [6, 6.07) is 9.92. The van der Waals surface area contributed by atoms with Crippen LogP contribution in [-0.2, 0) is 11.3 Å². The summed E-state index contributed by atoms with van der Waals surface area (Å²) in [7, 11) is 1.25. The minimum absolute atomic E-state index is 0.0388. The second kappa shape index (κ2) is 9.82. The second-order valence-corrected chi connectivity index (χ2v) is 9.42. The van der Waals surface area contributed by atoms with Crippen LogP contribution in [0.2, 0.25) is 0 Å². The summed E-state index contributed by atoms with van der Waals surface area (Å²) in [5.41, 5.74) is 2.03. The fraction of sp³-hybridized carbons (Fsp3) is 0.375. The molecule has 33 heavy (non-hydrogen) atoms. The van der Waals surface area contributed by atoms with Gasteiger partial charge < -0.3 is 9.64 Å². The lowest BCUT2D eigenvalue weighted by Crippen LogP contribution is -2.46. The largest absolute Gasteiger partial charge is 0.465 e. The van der Waals surface area contributed by atoms with E-state index in [-0.39, 0.29) is 24.2 Å². The number of halogens is 1. The molecule has 0 radical (unpaired) electrons. The van der Waals surface area contributed by atoms with E-state index >= 15 is 0 Å². The Kier molecular flexibility index (Phi) is 6.88. The highest BCUT2D eigenvalue weighted by molar-refractivity contribution is 7.99. The van der Waals surface area contributed by atoms with Gasteiger partial charge in [-0.25, -0.2) is 14.0 Å². The molecule has 1 aromatic heterocycles. The zero-order chi connectivity index (χ0) is 23.5. The van der Waals surface area contributed by atoms with Gasteiger partial charge in [-0.1, -0.05) is 6.07 Å². The Bertz CT molecular complexity index is 1170. The normalized spacial score (nSPS) is 14.0. The number of aromatic nitrogens is 2. The predicted molar refractivity (Wildman–Crippen MR) is 128 cm³/mol. The first-order valence-corrected chi connectivity index (χ1v) is 12.0. The number of esters is 1. The molecule has 4 rings (SSSR count). The summed E-state index contributed by atoms with van der Waals surface area (Å²) in [6.45, 7) is 5.43. The molecule has 0 aliphatic carbocycles. The molecular weight excluding hydrogens is 443 g/mol. The number of thioether (sulfide) groups is 1. The molecule has 2 heterocycles. The van der Waals surface area contributed by atoms with Gasteiger partial charge in [0.25, 0.3) is 0 Å². The van der Waals surface area contributed by atoms with Crippen molar-refractivity contribution in [1.29, 1.82) is 0 Å². The van der Waals surface area contributed by atoms with Gasteiger partial charge in [-0.15, -0.1) is 0 Å². The zero-order valence-corrected chi connectivity index (χ0v) is 19.8. The maximum absolute atomic E-state index is 14.9. The Balaban J connectivity index is 1.72. The molecule has 2 aromatic carbocycles. The van der Waals surface area contributed by atoms with Gasteiger partial charge in [-0.3, -0.25) is 9.58 Å². The lowest BCUT2D eigenvalue weighted by atomic mass is 10.1. The first-order chi connectivity index (χ1) is 15.9. The summed E-state index contributed by atoms with van der Waals surface area (Å²) < 4.78 is 21.5. The van der Waals surface area contributed by atoms with E-state index in [1.54, 1.807) is 16.0 Å². The fourth-order valence-electron chi connectivity index (χ4n) is 3.89. The van der Waals surface area contributed by atoms with Crippen molar-refractivity contribution in [3.8, 4) is 0 Å². The van der Waals surface area contributed by atoms with E-state index < -0.39 is 11.8 Å². The van der Waals surface area contributed by atoms with E-state index in [0.29, 0.717) is 24.3 Å². The van der Waals surface area contributed by atoms with Crippen LogP contribution in [0, 0.1) is 5.82 Å². The Morgan fingerprint density at radius 2 is 1.94 bits per heavy atom. The molecule has 9 heteroatoms. The summed E-state index contributed by atoms with van der Waals surface area (Å²) >= 11 is 1.82. The summed E-state index contributed by atoms with van der Waals surface area (Å²) in [6.07, 6.45) is 1.80. The lowest BCUT2D eigenvalue weighted by Gasteiger charge is -2.33. The van der Waals surface area contributed by atoms with Crippen molar-refractivity contribution in [2.45, 2.75) is 26.4 Å². The highest BCUT2D eigenvalue weighted by Crippen LogP contribution is 2.28. The van der Waals surface area contributed by atoms with Crippen LogP contribution in [0.5, 0.6) is 0 Å². The Hall–Kier alpha value is -3.07. The lowest BCUT2D eigenvalue weighted by molar-refractivity contribution is 0.0600. The molecule has 1 fully saturated rings. The number of rotatable bonds is 5. The number of hydrogen-bond acceptors (Lipinski definition) is 5. The third-order valence-electron chi connectivity index (χ3n) is 5.70. The number of urea groups is 1. The molecule has 0 spiro atoms. The van der Waals surface area contributed by atoms with E-state index in [4.69, 9.17) is 0 Å². The molecule has 0 unspecified atom stereocenters. The van der Waals surface area contributed by atoms with Crippen LogP contribution in [0.3, 0.4) is 0 Å². The molecule has 0 atom stereocenters. The molecule has 0 N–H and O–H groups in total. The van der Waals surface area contributed by atoms with Crippen molar-refractivity contribution >= 4 is 40.4 Å². The maximum atomic E-state index is 14.9. The van der Waals surface area contributed by atoms with Gasteiger partial charge in [0.1, 0.15) is 5.82 Å². The van der Waals surface area contributed by atoms with Crippen LogP contribution >= 0.6 is 11.8 Å². The molecule has 0 saturated carbocycles. The van der Waals surface area contributed by atoms with Gasteiger partial charge in [0.2, 0.25) is 0 Å². The quantitative estimate of drug-likeness (QED) is 0.505. The zero-order valence-electron chi connectivity index (χ0n) is 19.0. The minimum Gasteiger partial charge on any atom is -0.465 e. The minimum atomic E-state index is -0.605. The highest BCUT2D eigenvalue weighted by atomic mass is 32.2. The van der Waals surface area contributed by atoms with Crippen LogP contribution in [0.4, 0.5) is 14.9 Å². The Labute approximate surface area is 196 Å². The van der Waals surface area contributed by atoms with Gasteiger partial charge in [0.05, 0.1) is 30.9 Å². The summed E-state index contributed by atoms with van der Waals surface area (Å²) in [5.74, 6) is 0.590. The maximum Gasteiger partial charge on any atom is 0.337 e. The van der Waals surface area contributed by atoms with Crippen molar-refractivity contribution in [3.63, 3.8) is 0 Å². The van der Waals surface area contributed by atoms with Gasteiger partial charge in [-0.05, 0) is 44.2 Å². The fourth-order valence-corrected chi connectivity index (χ4v) is 4.79. The average molecular weight is 471 g/mol. The van der Waals surface area contributed by atoms with Crippen LogP contribution < -0.4 is 4.90 Å². The van der Waals surface area contributed by atoms with E-state index in [0.717, 1.165) is 28.5 Å². The van der Waals surface area contributed by atoms with E-state index in [1.165, 1.54) is 19.2 Å². The van der Waals surface area contributed by atoms with Crippen molar-refractivity contribution in [3.05, 3.63) is 59.5 Å². The van der Waals surface area contributed by atoms with Crippen LogP contribution in [0.25, 0.3) is 10.9 Å². The Morgan fingerprint density at radius 3 is 2.61 bits per heavy atom. The number of fused-ring (bicyclic) bond motifs is 1. The monoisotopic (exact) mass is 470 g/mol. The topological polar surface area (TPSA) is 67.7 Å². The van der Waals surface area contributed by atoms with Gasteiger partial charge in [0.15, 0.2) is 0 Å². The van der Waals surface area contributed by atoms with Gasteiger partial charge >= 0.3 is 12.0 Å². The van der Waals surface area contributed by atoms with E-state index in [9.17, 15) is 14.0 Å². The van der Waals surface area contributed by atoms with Crippen LogP contribution in [-0.4, -0.2) is 58.4 Å². The highest BCUT2D eigenvalue weighted by Gasteiger charge is 2.26. The average Bonchev–Trinajstić information content (AvgIpc) is 3.26. The van der Waals surface area contributed by atoms with Gasteiger partial charge in [-0.2, -0.15) is 16.9 Å². The predicted octanol–water partition coefficient (Wildman–Crippen LogP) is 4.72. The van der Waals surface area contributed by atoms with Crippen LogP contribution in [0.1, 0.15) is 35.8 Å². The number of ether oxygens (including phenoxy) is 1. The number of amides is 2. The molecular formula is C24H27FN4O3S. The number of carbonyl (C=O) groups excluding carboxylic acids is 2. The standard InChI is InChI=1S/C24H27FN4O3S/c1-16(2)29-22-13-20(7-6-18(22)14-26-29)28(24(31)27-8-10-33-11-9-27)15-19-5-4-17(12-21(19)25)23(30)32-3/h4-7,12-14,16H,8-11,15H2,1-3H3. The van der Waals surface area contributed by atoms with Gasteiger partial charge in [0, 0.05) is 47.3 Å². The number of anilines is 1. The first kappa shape index (κ1) is 23.1. The molecule has 3 aromatic rings. The summed E-state index contributed by atoms with van der Waals surface area (Å²) in [4.78, 5) is 28.7. The molecule has 1 aliphatic heterocycles. The van der Waals surface area contributed by atoms with Crippen molar-refractivity contribution in [1.82, 2.24) is 14.7 Å². The molecule has 7 nitrogen and oxygen atoms in total. The number of benzene rings is 2. The number of carbonyl (C=O) groups is 2. The second-order valence-electron chi connectivity index (χ2n) is 8.19. The van der Waals surface area contributed by atoms with Crippen molar-refractivity contribution in [2.24, 2.45) is 0 Å². The molecule has 1 saturated heterocycles. The van der Waals surface area contributed by atoms with Crippen molar-refractivity contribution in [2.75, 3.05) is 36.6 Å². The Morgan fingerprint density at radius 1 is 1.18 bits per heavy atom. The van der Waals surface area contributed by atoms with E-state index in [1.807, 2.05) is 48.5 Å². The van der Waals surface area contributed by atoms with Crippen molar-refractivity contribution < 1.29 is 18.7 Å². The smallest absolute Gasteiger partial charge is 0.337 e.